The average molecular weight is 356 g/mol. The fourth-order valence-corrected chi connectivity index (χ4v) is 2.06. The molecule has 0 atom stereocenters. The number of carboxylic acid groups (broad SMARTS) is 1. The number of ether oxygens (including phenoxy) is 1. The van der Waals surface area contributed by atoms with Crippen molar-refractivity contribution in [3.8, 4) is 11.5 Å². The van der Waals surface area contributed by atoms with Crippen molar-refractivity contribution in [2.75, 3.05) is 0 Å². The maximum Gasteiger partial charge on any atom is 0.336 e. The van der Waals surface area contributed by atoms with Crippen LogP contribution in [-0.2, 0) is 0 Å². The van der Waals surface area contributed by atoms with E-state index in [-0.39, 0.29) is 27.2 Å². The molecule has 0 aliphatic rings. The second-order valence-corrected chi connectivity index (χ2v) is 4.69. The summed E-state index contributed by atoms with van der Waals surface area (Å²) in [5.41, 5.74) is -0.451. The molecule has 21 heavy (non-hydrogen) atoms. The maximum atomic E-state index is 14.0. The van der Waals surface area contributed by atoms with Gasteiger partial charge in [-0.15, -0.1) is 0 Å². The Morgan fingerprint density at radius 1 is 1.33 bits per heavy atom. The molecule has 0 aromatic heterocycles. The summed E-state index contributed by atoms with van der Waals surface area (Å²) < 4.78 is 19.0. The molecule has 8 heteroatoms. The lowest BCUT2D eigenvalue weighted by molar-refractivity contribution is -0.384. The smallest absolute Gasteiger partial charge is 0.336 e. The molecule has 0 amide bonds. The molecule has 0 bridgehead atoms. The van der Waals surface area contributed by atoms with Gasteiger partial charge in [0.2, 0.25) is 0 Å². The highest BCUT2D eigenvalue weighted by atomic mass is 79.9. The van der Waals surface area contributed by atoms with Gasteiger partial charge in [-0.25, -0.2) is 9.18 Å². The molecule has 0 heterocycles. The first-order valence-corrected chi connectivity index (χ1v) is 6.33. The summed E-state index contributed by atoms with van der Waals surface area (Å²) in [5.74, 6) is -2.37. The van der Waals surface area contributed by atoms with E-state index in [0.29, 0.717) is 0 Å². The van der Waals surface area contributed by atoms with Crippen molar-refractivity contribution in [1.82, 2.24) is 0 Å². The van der Waals surface area contributed by atoms with Gasteiger partial charge >= 0.3 is 5.97 Å². The molecular weight excluding hydrogens is 349 g/mol. The summed E-state index contributed by atoms with van der Waals surface area (Å²) >= 11 is 2.84. The number of hydrogen-bond acceptors (Lipinski definition) is 4. The van der Waals surface area contributed by atoms with E-state index < -0.39 is 16.7 Å². The first kappa shape index (κ1) is 14.9. The summed E-state index contributed by atoms with van der Waals surface area (Å²) in [4.78, 5) is 20.9. The van der Waals surface area contributed by atoms with E-state index in [1.807, 2.05) is 0 Å². The normalized spacial score (nSPS) is 10.2. The fourth-order valence-electron chi connectivity index (χ4n) is 1.56. The van der Waals surface area contributed by atoms with E-state index in [2.05, 4.69) is 15.9 Å². The SMILES string of the molecule is O=C(O)c1ccc(Oc2cccc([N+](=O)[O-])c2)c(F)c1Br. The second-order valence-electron chi connectivity index (χ2n) is 3.90. The average Bonchev–Trinajstić information content (AvgIpc) is 2.44. The Bertz CT molecular complexity index is 734. The molecule has 1 N–H and O–H groups in total. The third kappa shape index (κ3) is 3.16. The van der Waals surface area contributed by atoms with Gasteiger partial charge in [-0.3, -0.25) is 10.1 Å². The summed E-state index contributed by atoms with van der Waals surface area (Å²) in [7, 11) is 0. The highest BCUT2D eigenvalue weighted by molar-refractivity contribution is 9.10. The number of aromatic carboxylic acids is 1. The Kier molecular flexibility index (Phi) is 4.18. The van der Waals surface area contributed by atoms with E-state index in [0.717, 1.165) is 12.1 Å². The minimum Gasteiger partial charge on any atom is -0.478 e. The Morgan fingerprint density at radius 2 is 2.05 bits per heavy atom. The lowest BCUT2D eigenvalue weighted by atomic mass is 10.2. The maximum absolute atomic E-state index is 14.0. The zero-order valence-electron chi connectivity index (χ0n) is 10.2. The van der Waals surface area contributed by atoms with E-state index in [1.54, 1.807) is 0 Å². The van der Waals surface area contributed by atoms with Crippen molar-refractivity contribution in [3.05, 3.63) is 62.4 Å². The van der Waals surface area contributed by atoms with Crippen LogP contribution in [0.2, 0.25) is 0 Å². The van der Waals surface area contributed by atoms with Crippen LogP contribution >= 0.6 is 15.9 Å². The number of nitro benzene ring substituents is 1. The van der Waals surface area contributed by atoms with Gasteiger partial charge in [-0.1, -0.05) is 6.07 Å². The van der Waals surface area contributed by atoms with Crippen molar-refractivity contribution >= 4 is 27.6 Å². The van der Waals surface area contributed by atoms with E-state index >= 15 is 0 Å². The number of hydrogen-bond donors (Lipinski definition) is 1. The number of benzene rings is 2. The lowest BCUT2D eigenvalue weighted by Gasteiger charge is -2.09. The first-order valence-electron chi connectivity index (χ1n) is 5.53. The number of carbonyl (C=O) groups is 1. The molecule has 0 aliphatic heterocycles. The fraction of sp³-hybridized carbons (Fsp3) is 0. The number of nitro groups is 1. The van der Waals surface area contributed by atoms with Crippen LogP contribution in [0.3, 0.4) is 0 Å². The topological polar surface area (TPSA) is 89.7 Å². The summed E-state index contributed by atoms with van der Waals surface area (Å²) in [6, 6.07) is 7.53. The quantitative estimate of drug-likeness (QED) is 0.661. The lowest BCUT2D eigenvalue weighted by Crippen LogP contribution is -2.00. The van der Waals surface area contributed by atoms with Crippen molar-refractivity contribution in [1.29, 1.82) is 0 Å². The first-order chi connectivity index (χ1) is 9.90. The van der Waals surface area contributed by atoms with Crippen molar-refractivity contribution in [3.63, 3.8) is 0 Å². The largest absolute Gasteiger partial charge is 0.478 e. The molecule has 2 aromatic rings. The van der Waals surface area contributed by atoms with Crippen LogP contribution in [0.5, 0.6) is 11.5 Å². The van der Waals surface area contributed by atoms with E-state index in [9.17, 15) is 19.3 Å². The van der Waals surface area contributed by atoms with Gasteiger partial charge in [-0.2, -0.15) is 0 Å². The molecule has 0 radical (unpaired) electrons. The molecular formula is C13H7BrFNO5. The predicted octanol–water partition coefficient (Wildman–Crippen LogP) is 3.99. The summed E-state index contributed by atoms with van der Waals surface area (Å²) in [5, 5.41) is 19.5. The van der Waals surface area contributed by atoms with Crippen LogP contribution in [0.15, 0.2) is 40.9 Å². The highest BCUT2D eigenvalue weighted by Gasteiger charge is 2.17. The van der Waals surface area contributed by atoms with Crippen molar-refractivity contribution in [2.45, 2.75) is 0 Å². The van der Waals surface area contributed by atoms with Crippen LogP contribution in [0.4, 0.5) is 10.1 Å². The minimum atomic E-state index is -1.29. The van der Waals surface area contributed by atoms with Gasteiger partial charge in [0.1, 0.15) is 5.75 Å². The van der Waals surface area contributed by atoms with Crippen LogP contribution in [0.1, 0.15) is 10.4 Å². The predicted molar refractivity (Wildman–Crippen MR) is 74.2 cm³/mol. The molecule has 0 fully saturated rings. The van der Waals surface area contributed by atoms with Gasteiger partial charge in [0.05, 0.1) is 21.0 Å². The monoisotopic (exact) mass is 355 g/mol. The number of halogens is 2. The van der Waals surface area contributed by atoms with Gasteiger partial charge in [0.15, 0.2) is 11.6 Å². The number of non-ortho nitro benzene ring substituents is 1. The van der Waals surface area contributed by atoms with Gasteiger partial charge in [-0.05, 0) is 34.1 Å². The Labute approximate surface area is 126 Å². The molecule has 0 saturated heterocycles. The molecule has 0 aliphatic carbocycles. The molecule has 2 aromatic carbocycles. The molecule has 6 nitrogen and oxygen atoms in total. The second kappa shape index (κ2) is 5.88. The van der Waals surface area contributed by atoms with Gasteiger partial charge < -0.3 is 9.84 Å². The van der Waals surface area contributed by atoms with Crippen molar-refractivity contribution < 1.29 is 24.0 Å². The molecule has 0 spiro atoms. The zero-order chi connectivity index (χ0) is 15.6. The number of carboxylic acids is 1. The highest BCUT2D eigenvalue weighted by Crippen LogP contribution is 2.32. The third-order valence-electron chi connectivity index (χ3n) is 2.53. The van der Waals surface area contributed by atoms with Gasteiger partial charge in [0.25, 0.3) is 5.69 Å². The third-order valence-corrected chi connectivity index (χ3v) is 3.31. The van der Waals surface area contributed by atoms with Crippen LogP contribution in [0, 0.1) is 15.9 Å². The van der Waals surface area contributed by atoms with Crippen LogP contribution in [0.25, 0.3) is 0 Å². The number of rotatable bonds is 4. The Morgan fingerprint density at radius 3 is 2.67 bits per heavy atom. The van der Waals surface area contributed by atoms with Crippen LogP contribution < -0.4 is 4.74 Å². The number of nitrogens with zero attached hydrogens (tertiary/aromatic N) is 1. The van der Waals surface area contributed by atoms with E-state index in [1.165, 1.54) is 24.3 Å². The summed E-state index contributed by atoms with van der Waals surface area (Å²) in [6.45, 7) is 0. The Hall–Kier alpha value is -2.48. The minimum absolute atomic E-state index is 0.0677. The summed E-state index contributed by atoms with van der Waals surface area (Å²) in [6.07, 6.45) is 0. The standard InChI is InChI=1S/C13H7BrFNO5/c14-11-9(13(17)18)4-5-10(12(11)15)21-8-3-1-2-7(6-8)16(19)20/h1-6H,(H,17,18). The van der Waals surface area contributed by atoms with Gasteiger partial charge in [0, 0.05) is 6.07 Å². The molecule has 2 rings (SSSR count). The molecule has 0 unspecified atom stereocenters. The molecule has 0 saturated carbocycles. The molecule has 108 valence electrons. The van der Waals surface area contributed by atoms with Crippen LogP contribution in [-0.4, -0.2) is 16.0 Å². The van der Waals surface area contributed by atoms with E-state index in [4.69, 9.17) is 9.84 Å². The zero-order valence-corrected chi connectivity index (χ0v) is 11.8. The Balaban J connectivity index is 2.36. The van der Waals surface area contributed by atoms with Crippen molar-refractivity contribution in [2.24, 2.45) is 0 Å².